The number of thiazole rings is 1. The first-order valence-corrected chi connectivity index (χ1v) is 8.79. The van der Waals surface area contributed by atoms with Crippen molar-refractivity contribution in [2.45, 2.75) is 13.5 Å². The number of ether oxygens (including phenoxy) is 1. The van der Waals surface area contributed by atoms with Gasteiger partial charge in [0.1, 0.15) is 10.8 Å². The number of rotatable bonds is 5. The van der Waals surface area contributed by atoms with E-state index >= 15 is 0 Å². The minimum atomic E-state index is -0.0990. The first-order valence-electron chi connectivity index (χ1n) is 7.10. The number of carbonyl (C=O) groups excluding carboxylic acids is 1. The second-order valence-electron chi connectivity index (χ2n) is 4.92. The Morgan fingerprint density at radius 2 is 2.04 bits per heavy atom. The van der Waals surface area contributed by atoms with Crippen LogP contribution in [-0.2, 0) is 6.54 Å². The molecular weight excluding hydrogens is 328 g/mol. The molecular formula is C17H16N2O2S2. The van der Waals surface area contributed by atoms with Crippen LogP contribution in [0.4, 0.5) is 0 Å². The zero-order valence-corrected chi connectivity index (χ0v) is 14.5. The van der Waals surface area contributed by atoms with Crippen LogP contribution in [0.3, 0.4) is 0 Å². The Balaban J connectivity index is 1.67. The van der Waals surface area contributed by atoms with Crippen LogP contribution in [0.5, 0.6) is 5.75 Å². The molecule has 0 aliphatic rings. The predicted octanol–water partition coefficient (Wildman–Crippen LogP) is 4.12. The molecule has 0 saturated heterocycles. The summed E-state index contributed by atoms with van der Waals surface area (Å²) in [6, 6.07) is 11.1. The smallest absolute Gasteiger partial charge is 0.251 e. The Kier molecular flexibility index (Phi) is 4.73. The Bertz CT molecular complexity index is 793. The van der Waals surface area contributed by atoms with Crippen LogP contribution in [0.1, 0.15) is 20.9 Å². The molecule has 6 heteroatoms. The van der Waals surface area contributed by atoms with Crippen molar-refractivity contribution >= 4 is 28.6 Å². The number of methoxy groups -OCH3 is 1. The number of nitrogens with one attached hydrogen (secondary N) is 1. The lowest BCUT2D eigenvalue weighted by Gasteiger charge is -2.05. The molecule has 0 radical (unpaired) electrons. The number of carbonyl (C=O) groups is 1. The summed E-state index contributed by atoms with van der Waals surface area (Å²) in [5.41, 5.74) is 1.58. The highest BCUT2D eigenvalue weighted by atomic mass is 32.1. The molecule has 1 amide bonds. The summed E-state index contributed by atoms with van der Waals surface area (Å²) in [6.45, 7) is 2.46. The van der Waals surface area contributed by atoms with Crippen LogP contribution in [0.25, 0.3) is 9.88 Å². The molecule has 1 aromatic carbocycles. The number of nitrogens with zero attached hydrogens (tertiary/aromatic N) is 1. The van der Waals surface area contributed by atoms with E-state index < -0.39 is 0 Å². The summed E-state index contributed by atoms with van der Waals surface area (Å²) in [7, 11) is 1.60. The third-order valence-corrected chi connectivity index (χ3v) is 5.58. The van der Waals surface area contributed by atoms with E-state index in [1.165, 1.54) is 0 Å². The van der Waals surface area contributed by atoms with Crippen molar-refractivity contribution in [1.82, 2.24) is 10.3 Å². The van der Waals surface area contributed by atoms with Crippen LogP contribution in [0.15, 0.2) is 41.8 Å². The number of thiophene rings is 1. The fraction of sp³-hybridized carbons (Fsp3) is 0.176. The number of aromatic nitrogens is 1. The van der Waals surface area contributed by atoms with Crippen molar-refractivity contribution in [3.05, 3.63) is 57.9 Å². The van der Waals surface area contributed by atoms with Gasteiger partial charge in [0.25, 0.3) is 5.91 Å². The number of aryl methyl sites for hydroxylation is 1. The lowest BCUT2D eigenvalue weighted by Crippen LogP contribution is -2.22. The number of benzene rings is 1. The quantitative estimate of drug-likeness (QED) is 0.757. The van der Waals surface area contributed by atoms with Gasteiger partial charge in [-0.15, -0.1) is 22.7 Å². The second kappa shape index (κ2) is 6.93. The van der Waals surface area contributed by atoms with Gasteiger partial charge in [-0.1, -0.05) is 6.07 Å². The highest BCUT2D eigenvalue weighted by molar-refractivity contribution is 7.21. The van der Waals surface area contributed by atoms with E-state index in [-0.39, 0.29) is 5.91 Å². The molecule has 2 aromatic heterocycles. The second-order valence-corrected chi connectivity index (χ2v) is 6.95. The standard InChI is InChI=1S/C17H16N2O2S2/c1-11-15(23-17(19-11)14-4-3-9-22-14)10-18-16(20)12-5-7-13(21-2)8-6-12/h3-9H,10H2,1-2H3,(H,18,20). The molecule has 3 rings (SSSR count). The van der Waals surface area contributed by atoms with Gasteiger partial charge in [0, 0.05) is 10.4 Å². The van der Waals surface area contributed by atoms with E-state index in [4.69, 9.17) is 4.74 Å². The maximum absolute atomic E-state index is 12.2. The number of hydrogen-bond donors (Lipinski definition) is 1. The summed E-state index contributed by atoms with van der Waals surface area (Å²) in [6.07, 6.45) is 0. The lowest BCUT2D eigenvalue weighted by atomic mass is 10.2. The maximum Gasteiger partial charge on any atom is 0.251 e. The number of amides is 1. The van der Waals surface area contributed by atoms with Crippen LogP contribution in [0, 0.1) is 6.92 Å². The van der Waals surface area contributed by atoms with Crippen molar-refractivity contribution in [3.8, 4) is 15.6 Å². The molecule has 1 N–H and O–H groups in total. The molecule has 0 aliphatic carbocycles. The van der Waals surface area contributed by atoms with Gasteiger partial charge in [-0.2, -0.15) is 0 Å². The van der Waals surface area contributed by atoms with E-state index in [9.17, 15) is 4.79 Å². The average molecular weight is 344 g/mol. The van der Waals surface area contributed by atoms with Crippen LogP contribution in [0.2, 0.25) is 0 Å². The molecule has 2 heterocycles. The molecule has 0 fully saturated rings. The van der Waals surface area contributed by atoms with Crippen molar-refractivity contribution < 1.29 is 9.53 Å². The Morgan fingerprint density at radius 1 is 1.26 bits per heavy atom. The first-order chi connectivity index (χ1) is 11.2. The van der Waals surface area contributed by atoms with Gasteiger partial charge >= 0.3 is 0 Å². The van der Waals surface area contributed by atoms with Gasteiger partial charge in [0.2, 0.25) is 0 Å². The Hall–Kier alpha value is -2.18. The molecule has 23 heavy (non-hydrogen) atoms. The fourth-order valence-corrected chi connectivity index (χ4v) is 3.90. The topological polar surface area (TPSA) is 51.2 Å². The van der Waals surface area contributed by atoms with E-state index in [0.717, 1.165) is 26.2 Å². The third kappa shape index (κ3) is 3.60. The maximum atomic E-state index is 12.2. The summed E-state index contributed by atoms with van der Waals surface area (Å²) < 4.78 is 5.09. The monoisotopic (exact) mass is 344 g/mol. The molecule has 0 spiro atoms. The molecule has 0 aliphatic heterocycles. The first kappa shape index (κ1) is 15.7. The Morgan fingerprint density at radius 3 is 2.70 bits per heavy atom. The lowest BCUT2D eigenvalue weighted by molar-refractivity contribution is 0.0951. The fourth-order valence-electron chi connectivity index (χ4n) is 2.10. The molecule has 0 bridgehead atoms. The molecule has 0 unspecified atom stereocenters. The average Bonchev–Trinajstić information content (AvgIpc) is 3.22. The van der Waals surface area contributed by atoms with Gasteiger partial charge in [-0.25, -0.2) is 4.98 Å². The van der Waals surface area contributed by atoms with Crippen LogP contribution < -0.4 is 10.1 Å². The van der Waals surface area contributed by atoms with Crippen molar-refractivity contribution in [3.63, 3.8) is 0 Å². The minimum Gasteiger partial charge on any atom is -0.497 e. The van der Waals surface area contributed by atoms with Crippen molar-refractivity contribution in [1.29, 1.82) is 0 Å². The van der Waals surface area contributed by atoms with Gasteiger partial charge < -0.3 is 10.1 Å². The number of hydrogen-bond acceptors (Lipinski definition) is 5. The predicted molar refractivity (Wildman–Crippen MR) is 94.3 cm³/mol. The van der Waals surface area contributed by atoms with Gasteiger partial charge in [-0.05, 0) is 42.6 Å². The molecule has 0 atom stereocenters. The summed E-state index contributed by atoms with van der Waals surface area (Å²) in [5, 5.41) is 5.99. The molecule has 3 aromatic rings. The SMILES string of the molecule is COc1ccc(C(=O)NCc2sc(-c3cccs3)nc2C)cc1. The largest absolute Gasteiger partial charge is 0.497 e. The highest BCUT2D eigenvalue weighted by Gasteiger charge is 2.12. The van der Waals surface area contributed by atoms with E-state index in [1.807, 2.05) is 18.4 Å². The molecule has 4 nitrogen and oxygen atoms in total. The summed E-state index contributed by atoms with van der Waals surface area (Å²) in [5.74, 6) is 0.638. The molecule has 0 saturated carbocycles. The third-order valence-electron chi connectivity index (χ3n) is 3.39. The molecule has 118 valence electrons. The highest BCUT2D eigenvalue weighted by Crippen LogP contribution is 2.30. The van der Waals surface area contributed by atoms with Crippen molar-refractivity contribution in [2.75, 3.05) is 7.11 Å². The van der Waals surface area contributed by atoms with Crippen LogP contribution in [-0.4, -0.2) is 18.0 Å². The van der Waals surface area contributed by atoms with Crippen molar-refractivity contribution in [2.24, 2.45) is 0 Å². The van der Waals surface area contributed by atoms with Gasteiger partial charge in [0.15, 0.2) is 0 Å². The summed E-state index contributed by atoms with van der Waals surface area (Å²) in [4.78, 5) is 19.0. The van der Waals surface area contributed by atoms with E-state index in [1.54, 1.807) is 54.0 Å². The van der Waals surface area contributed by atoms with Crippen LogP contribution >= 0.6 is 22.7 Å². The van der Waals surface area contributed by atoms with Gasteiger partial charge in [-0.3, -0.25) is 4.79 Å². The summed E-state index contributed by atoms with van der Waals surface area (Å²) >= 11 is 3.30. The van der Waals surface area contributed by atoms with E-state index in [2.05, 4.69) is 16.4 Å². The zero-order chi connectivity index (χ0) is 16.2. The Labute approximate surface area is 142 Å². The van der Waals surface area contributed by atoms with Gasteiger partial charge in [0.05, 0.1) is 24.2 Å². The van der Waals surface area contributed by atoms with E-state index in [0.29, 0.717) is 12.1 Å². The zero-order valence-electron chi connectivity index (χ0n) is 12.8. The minimum absolute atomic E-state index is 0.0990. The normalized spacial score (nSPS) is 10.5.